The largest absolute Gasteiger partial charge is 0.481 e. The molecule has 14 nitrogen and oxygen atoms in total. The fraction of sp³-hybridized carbons (Fsp3) is 0.435. The van der Waals surface area contributed by atoms with Crippen LogP contribution in [0.2, 0.25) is 0 Å². The van der Waals surface area contributed by atoms with Crippen LogP contribution in [0.4, 0.5) is 10.5 Å². The van der Waals surface area contributed by atoms with E-state index in [1.54, 1.807) is 29.6 Å². The third-order valence-corrected chi connectivity index (χ3v) is 4.73. The smallest absolute Gasteiger partial charge is 0.331 e. The number of carbonyl (C=O) groups is 7. The van der Waals surface area contributed by atoms with Crippen LogP contribution in [-0.4, -0.2) is 81.9 Å². The van der Waals surface area contributed by atoms with Gasteiger partial charge in [0.1, 0.15) is 18.7 Å². The van der Waals surface area contributed by atoms with Crippen molar-refractivity contribution in [3.8, 4) is 0 Å². The quantitative estimate of drug-likeness (QED) is 0.0931. The van der Waals surface area contributed by atoms with Gasteiger partial charge in [-0.05, 0) is 43.5 Å². The van der Waals surface area contributed by atoms with Crippen LogP contribution in [0.15, 0.2) is 24.3 Å². The molecule has 1 saturated heterocycles. The maximum absolute atomic E-state index is 11.6. The molecule has 0 unspecified atom stereocenters. The van der Waals surface area contributed by atoms with Crippen molar-refractivity contribution in [3.63, 3.8) is 0 Å². The maximum atomic E-state index is 11.6. The minimum Gasteiger partial charge on any atom is -0.481 e. The number of urea groups is 1. The van der Waals surface area contributed by atoms with Crippen molar-refractivity contribution in [3.05, 3.63) is 29.8 Å². The Labute approximate surface area is 212 Å². The van der Waals surface area contributed by atoms with Gasteiger partial charge in [-0.1, -0.05) is 6.42 Å². The van der Waals surface area contributed by atoms with E-state index in [4.69, 9.17) is 21.1 Å². The van der Waals surface area contributed by atoms with Crippen LogP contribution in [0.5, 0.6) is 0 Å². The van der Waals surface area contributed by atoms with Crippen LogP contribution in [0.1, 0.15) is 55.3 Å². The number of carboxylic acids is 2. The number of aliphatic hydroxyl groups excluding tert-OH is 1. The lowest BCUT2D eigenvalue weighted by Crippen LogP contribution is -2.58. The highest BCUT2D eigenvalue weighted by molar-refractivity contribution is 6.15. The number of imide groups is 2. The molecule has 1 heterocycles. The molecular weight excluding hydrogens is 492 g/mol. The summed E-state index contributed by atoms with van der Waals surface area (Å²) in [6.45, 7) is 0.641. The number of nitrogens with zero attached hydrogens (tertiary/aromatic N) is 1. The summed E-state index contributed by atoms with van der Waals surface area (Å²) in [5.74, 6) is -4.61. The fourth-order valence-corrected chi connectivity index (χ4v) is 2.97. The first-order chi connectivity index (χ1) is 17.6. The SMILES string of the molecule is CO.Nc1ccc(C(=O)NCCCCCC=O)cc1.O=C(O)CC[C@@H](C(=O)O)N1C(=O)CC(=O)NC1=O. The van der Waals surface area contributed by atoms with E-state index in [-0.39, 0.29) is 5.91 Å². The number of carbonyl (C=O) groups excluding carboxylic acids is 5. The molecule has 0 aromatic heterocycles. The number of hydrogen-bond donors (Lipinski definition) is 6. The predicted octanol–water partition coefficient (Wildman–Crippen LogP) is 0.139. The molecule has 0 bridgehead atoms. The molecule has 7 N–H and O–H groups in total. The number of rotatable bonds is 12. The molecular formula is C23H32N4O10. The van der Waals surface area contributed by atoms with E-state index >= 15 is 0 Å². The van der Waals surface area contributed by atoms with Gasteiger partial charge in [0.05, 0.1) is 0 Å². The number of benzene rings is 1. The van der Waals surface area contributed by atoms with E-state index in [0.717, 1.165) is 32.7 Å². The summed E-state index contributed by atoms with van der Waals surface area (Å²) in [5, 5.41) is 29.0. The third kappa shape index (κ3) is 12.8. The highest BCUT2D eigenvalue weighted by atomic mass is 16.4. The van der Waals surface area contributed by atoms with Gasteiger partial charge in [-0.3, -0.25) is 24.5 Å². The Morgan fingerprint density at radius 3 is 2.22 bits per heavy atom. The lowest BCUT2D eigenvalue weighted by Gasteiger charge is -2.29. The summed E-state index contributed by atoms with van der Waals surface area (Å²) >= 11 is 0. The number of aliphatic carboxylic acids is 2. The highest BCUT2D eigenvalue weighted by Crippen LogP contribution is 2.13. The average molecular weight is 525 g/mol. The minimum absolute atomic E-state index is 0.0830. The predicted molar refractivity (Wildman–Crippen MR) is 129 cm³/mol. The van der Waals surface area contributed by atoms with Crippen molar-refractivity contribution < 1.29 is 48.9 Å². The molecule has 0 saturated carbocycles. The van der Waals surface area contributed by atoms with Crippen LogP contribution >= 0.6 is 0 Å². The van der Waals surface area contributed by atoms with Crippen molar-refractivity contribution in [2.75, 3.05) is 19.4 Å². The number of anilines is 1. The number of aldehydes is 1. The Morgan fingerprint density at radius 1 is 1.08 bits per heavy atom. The molecule has 0 radical (unpaired) electrons. The maximum Gasteiger partial charge on any atom is 0.331 e. The monoisotopic (exact) mass is 524 g/mol. The van der Waals surface area contributed by atoms with Gasteiger partial charge in [0.25, 0.3) is 5.91 Å². The molecule has 1 aromatic rings. The summed E-state index contributed by atoms with van der Waals surface area (Å²) in [7, 11) is 1.00. The molecule has 204 valence electrons. The fourth-order valence-electron chi connectivity index (χ4n) is 2.97. The van der Waals surface area contributed by atoms with Crippen LogP contribution < -0.4 is 16.4 Å². The lowest BCUT2D eigenvalue weighted by molar-refractivity contribution is -0.151. The second-order valence-corrected chi connectivity index (χ2v) is 7.47. The standard InChI is InChI=1S/C13H18N2O2.C9H10N2O7.CH4O/c14-12-7-5-11(6-8-12)13(17)15-9-3-1-2-4-10-16;12-5-3-6(13)11(9(18)10-5)4(8(16)17)1-2-7(14)15;1-2/h5-8,10H,1-4,9,14H2,(H,15,17);4H,1-3H2,(H,14,15)(H,16,17)(H,10,12,18);2H,1H3/t;4-;/m.0./s1. The number of nitrogens with one attached hydrogen (secondary N) is 2. The molecule has 37 heavy (non-hydrogen) atoms. The Morgan fingerprint density at radius 2 is 1.70 bits per heavy atom. The number of carboxylic acid groups (broad SMARTS) is 2. The van der Waals surface area contributed by atoms with Crippen molar-refractivity contribution in [2.45, 2.75) is 51.0 Å². The molecule has 1 aromatic carbocycles. The van der Waals surface area contributed by atoms with Crippen LogP contribution in [0.25, 0.3) is 0 Å². The summed E-state index contributed by atoms with van der Waals surface area (Å²) < 4.78 is 0. The van der Waals surface area contributed by atoms with Crippen molar-refractivity contribution >= 4 is 47.7 Å². The molecule has 1 aliphatic rings. The zero-order chi connectivity index (χ0) is 28.4. The van der Waals surface area contributed by atoms with Gasteiger partial charge >= 0.3 is 18.0 Å². The van der Waals surface area contributed by atoms with Crippen LogP contribution in [-0.2, 0) is 24.0 Å². The zero-order valence-electron chi connectivity index (χ0n) is 20.3. The van der Waals surface area contributed by atoms with E-state index < -0.39 is 55.1 Å². The van der Waals surface area contributed by atoms with Gasteiger partial charge in [-0.15, -0.1) is 0 Å². The number of amides is 5. The highest BCUT2D eigenvalue weighted by Gasteiger charge is 2.39. The van der Waals surface area contributed by atoms with Crippen molar-refractivity contribution in [2.24, 2.45) is 0 Å². The zero-order valence-corrected chi connectivity index (χ0v) is 20.3. The number of unbranched alkanes of at least 4 members (excludes halogenated alkanes) is 3. The second kappa shape index (κ2) is 18.0. The molecule has 14 heteroatoms. The summed E-state index contributed by atoms with van der Waals surface area (Å²) in [4.78, 5) is 77.1. The summed E-state index contributed by atoms with van der Waals surface area (Å²) in [6, 6.07) is 4.09. The first kappa shape index (κ1) is 32.7. The third-order valence-electron chi connectivity index (χ3n) is 4.73. The Hall–Kier alpha value is -4.33. The number of hydrogen-bond acceptors (Lipinski definition) is 9. The van der Waals surface area contributed by atoms with E-state index in [1.807, 2.05) is 0 Å². The Balaban J connectivity index is 0.000000657. The molecule has 1 aliphatic heterocycles. The topological polar surface area (TPSA) is 233 Å². The first-order valence-corrected chi connectivity index (χ1v) is 11.2. The van der Waals surface area contributed by atoms with E-state index in [2.05, 4.69) is 5.32 Å². The van der Waals surface area contributed by atoms with Gasteiger partial charge in [0, 0.05) is 37.7 Å². The lowest BCUT2D eigenvalue weighted by atomic mass is 10.1. The van der Waals surface area contributed by atoms with Gasteiger partial charge in [0.2, 0.25) is 11.8 Å². The molecule has 2 rings (SSSR count). The summed E-state index contributed by atoms with van der Waals surface area (Å²) in [6.07, 6.45) is 2.71. The van der Waals surface area contributed by atoms with E-state index in [9.17, 15) is 33.6 Å². The normalized spacial score (nSPS) is 13.1. The second-order valence-electron chi connectivity index (χ2n) is 7.47. The molecule has 0 aliphatic carbocycles. The Bertz CT molecular complexity index is 929. The van der Waals surface area contributed by atoms with Gasteiger partial charge in [-0.2, -0.15) is 0 Å². The molecule has 1 atom stereocenters. The number of nitrogen functional groups attached to an aromatic ring is 1. The molecule has 0 spiro atoms. The van der Waals surface area contributed by atoms with Crippen molar-refractivity contribution in [1.82, 2.24) is 15.5 Å². The number of aliphatic hydroxyl groups is 1. The van der Waals surface area contributed by atoms with Crippen LogP contribution in [0, 0.1) is 0 Å². The number of nitrogens with two attached hydrogens (primary N) is 1. The average Bonchev–Trinajstić information content (AvgIpc) is 2.84. The summed E-state index contributed by atoms with van der Waals surface area (Å²) in [5.41, 5.74) is 6.80. The first-order valence-electron chi connectivity index (χ1n) is 11.2. The van der Waals surface area contributed by atoms with Gasteiger partial charge in [0.15, 0.2) is 0 Å². The Kier molecular flexibility index (Phi) is 15.9. The van der Waals surface area contributed by atoms with Gasteiger partial charge < -0.3 is 31.2 Å². The van der Waals surface area contributed by atoms with E-state index in [0.29, 0.717) is 29.1 Å². The minimum atomic E-state index is -1.60. The van der Waals surface area contributed by atoms with Crippen LogP contribution in [0.3, 0.4) is 0 Å². The van der Waals surface area contributed by atoms with E-state index in [1.165, 1.54) is 0 Å². The van der Waals surface area contributed by atoms with Crippen molar-refractivity contribution in [1.29, 1.82) is 0 Å². The molecule has 1 fully saturated rings. The number of barbiturate groups is 1. The van der Waals surface area contributed by atoms with Gasteiger partial charge in [-0.25, -0.2) is 14.5 Å². The molecule has 5 amide bonds.